The summed E-state index contributed by atoms with van der Waals surface area (Å²) in [6, 6.07) is 9.75. The highest BCUT2D eigenvalue weighted by Crippen LogP contribution is 2.68. The SMILES string of the molecule is CS(=O)(=O)Nc1nn(CC(F)(F)F)c2c(-n3c([C@H](Cc4cc(F)cc(F)c4)NC(=O)Cn4nc(C(F)(F)F)c5c4C(F)(F)C4CC54)nc4nc(-c5ccccc5F)ccc4c3=O)ccc(Cl)c12. The van der Waals surface area contributed by atoms with Crippen molar-refractivity contribution in [2.45, 2.75) is 56.2 Å². The molecule has 0 bridgehead atoms. The van der Waals surface area contributed by atoms with E-state index < -0.39 is 156 Å². The van der Waals surface area contributed by atoms with E-state index in [1.165, 1.54) is 24.3 Å². The van der Waals surface area contributed by atoms with Crippen LogP contribution < -0.4 is 15.6 Å². The number of halogens is 12. The summed E-state index contributed by atoms with van der Waals surface area (Å²) in [5, 5.41) is 8.25. The predicted molar refractivity (Wildman–Crippen MR) is 216 cm³/mol. The number of fused-ring (bicyclic) bond motifs is 5. The van der Waals surface area contributed by atoms with E-state index in [9.17, 15) is 53.1 Å². The predicted octanol–water partition coefficient (Wildman–Crippen LogP) is 8.33. The van der Waals surface area contributed by atoms with E-state index in [1.54, 1.807) is 0 Å². The molecular weight excluding hydrogens is 959 g/mol. The molecule has 9 rings (SSSR count). The molecule has 2 N–H and O–H groups in total. The van der Waals surface area contributed by atoms with Gasteiger partial charge in [0.2, 0.25) is 15.9 Å². The molecule has 4 aromatic heterocycles. The summed E-state index contributed by atoms with van der Waals surface area (Å²) >= 11 is 6.47. The zero-order valence-corrected chi connectivity index (χ0v) is 35.2. The van der Waals surface area contributed by atoms with Crippen LogP contribution in [0, 0.1) is 23.4 Å². The Morgan fingerprint density at radius 1 is 0.940 bits per heavy atom. The number of nitrogens with zero attached hydrogens (tertiary/aromatic N) is 7. The van der Waals surface area contributed by atoms with Crippen molar-refractivity contribution < 1.29 is 61.5 Å². The third kappa shape index (κ3) is 8.42. The molecule has 2 aliphatic carbocycles. The van der Waals surface area contributed by atoms with Crippen LogP contribution in [0.5, 0.6) is 0 Å². The van der Waals surface area contributed by atoms with E-state index in [0.717, 1.165) is 36.4 Å². The van der Waals surface area contributed by atoms with Crippen molar-refractivity contribution in [1.82, 2.24) is 39.4 Å². The second-order valence-corrected chi connectivity index (χ2v) is 18.0. The topological polar surface area (TPSA) is 159 Å². The van der Waals surface area contributed by atoms with Gasteiger partial charge in [-0.2, -0.15) is 45.3 Å². The molecule has 350 valence electrons. The Labute approximate surface area is 373 Å². The lowest BCUT2D eigenvalue weighted by molar-refractivity contribution is -0.142. The number of amides is 1. The number of carbonyl (C=O) groups excluding carboxylic acids is 1. The standard InChI is InChI=1S/C41H27ClF11N9O4S/c1-67(65,66)59-36-31-24(42)7-9-28(32(31)61(58-36)16-39(46,47)48)62-37(56-35-21(38(62)64)6-8-26(55-35)20-4-2-3-5-25(20)45)27(12-17-10-18(43)13-19(44)11-17)54-29(63)15-60-34-30(33(57-60)41(51,52)53)22-14-23(22)40(34,49)50/h2-11,13,22-23,27H,12,14-16H2,1H3,(H,54,63)(H,58,59)/t22?,23?,27-/m0/s1. The number of aromatic nitrogens is 7. The summed E-state index contributed by atoms with van der Waals surface area (Å²) in [5.74, 6) is -12.4. The minimum absolute atomic E-state index is 0.0993. The van der Waals surface area contributed by atoms with Crippen molar-refractivity contribution in [2.75, 3.05) is 11.0 Å². The highest BCUT2D eigenvalue weighted by molar-refractivity contribution is 7.92. The molecule has 3 atom stereocenters. The molecule has 2 aliphatic rings. The van der Waals surface area contributed by atoms with Crippen LogP contribution in [0.2, 0.25) is 5.02 Å². The minimum Gasteiger partial charge on any atom is -0.344 e. The third-order valence-corrected chi connectivity index (χ3v) is 12.0. The monoisotopic (exact) mass is 985 g/mol. The maximum absolute atomic E-state index is 15.5. The zero-order valence-electron chi connectivity index (χ0n) is 33.6. The Balaban J connectivity index is 1.29. The molecule has 13 nitrogen and oxygen atoms in total. The van der Waals surface area contributed by atoms with Crippen LogP contribution in [0.25, 0.3) is 38.9 Å². The minimum atomic E-state index is -5.22. The first kappa shape index (κ1) is 45.5. The number of benzene rings is 3. The number of anilines is 1. The highest BCUT2D eigenvalue weighted by Gasteiger charge is 2.68. The molecule has 2 unspecified atom stereocenters. The van der Waals surface area contributed by atoms with E-state index in [1.807, 2.05) is 4.72 Å². The van der Waals surface area contributed by atoms with E-state index >= 15 is 13.2 Å². The Morgan fingerprint density at radius 2 is 1.64 bits per heavy atom. The Bertz CT molecular complexity index is 3370. The normalized spacial score (nSPS) is 17.1. The molecule has 3 aromatic carbocycles. The second kappa shape index (κ2) is 15.7. The first-order valence-electron chi connectivity index (χ1n) is 19.5. The molecule has 67 heavy (non-hydrogen) atoms. The number of hydrogen-bond acceptors (Lipinski definition) is 8. The number of rotatable bonds is 11. The lowest BCUT2D eigenvalue weighted by Gasteiger charge is -2.24. The van der Waals surface area contributed by atoms with Gasteiger partial charge >= 0.3 is 12.4 Å². The molecule has 0 spiro atoms. The largest absolute Gasteiger partial charge is 0.435 e. The molecule has 0 radical (unpaired) electrons. The van der Waals surface area contributed by atoms with Gasteiger partial charge in [0.05, 0.1) is 45.0 Å². The number of alkyl halides is 8. The van der Waals surface area contributed by atoms with Crippen LogP contribution >= 0.6 is 11.6 Å². The third-order valence-electron chi connectivity index (χ3n) is 11.1. The molecular formula is C41H27ClF11N9O4S. The first-order chi connectivity index (χ1) is 31.3. The number of sulfonamides is 1. The summed E-state index contributed by atoms with van der Waals surface area (Å²) in [6.07, 6.45) is -10.7. The average Bonchev–Trinajstić information content (AvgIpc) is 3.73. The maximum atomic E-state index is 15.5. The molecule has 26 heteroatoms. The average molecular weight is 986 g/mol. The van der Waals surface area contributed by atoms with Gasteiger partial charge in [0, 0.05) is 29.5 Å². The van der Waals surface area contributed by atoms with Gasteiger partial charge < -0.3 is 5.32 Å². The fraction of sp³-hybridized carbons (Fsp3) is 0.268. The van der Waals surface area contributed by atoms with E-state index in [-0.39, 0.29) is 32.6 Å². The molecule has 1 amide bonds. The van der Waals surface area contributed by atoms with Crippen molar-refractivity contribution in [3.05, 3.63) is 128 Å². The maximum Gasteiger partial charge on any atom is 0.435 e. The number of pyridine rings is 1. The first-order valence-corrected chi connectivity index (χ1v) is 21.8. The second-order valence-electron chi connectivity index (χ2n) is 15.9. The van der Waals surface area contributed by atoms with Gasteiger partial charge in [-0.1, -0.05) is 23.7 Å². The lowest BCUT2D eigenvalue weighted by atomic mass is 10.0. The van der Waals surface area contributed by atoms with Crippen LogP contribution in [-0.2, 0) is 46.4 Å². The quantitative estimate of drug-likeness (QED) is 0.123. The van der Waals surface area contributed by atoms with Gasteiger partial charge in [0.1, 0.15) is 42.1 Å². The van der Waals surface area contributed by atoms with E-state index in [2.05, 4.69) is 25.5 Å². The van der Waals surface area contributed by atoms with Crippen molar-refractivity contribution >= 4 is 55.3 Å². The summed E-state index contributed by atoms with van der Waals surface area (Å²) < 4.78 is 189. The van der Waals surface area contributed by atoms with Crippen molar-refractivity contribution in [1.29, 1.82) is 0 Å². The molecule has 4 heterocycles. The Kier molecular flexibility index (Phi) is 10.7. The highest BCUT2D eigenvalue weighted by atomic mass is 35.5. The van der Waals surface area contributed by atoms with E-state index in [4.69, 9.17) is 11.6 Å². The Morgan fingerprint density at radius 3 is 2.30 bits per heavy atom. The molecule has 1 saturated carbocycles. The summed E-state index contributed by atoms with van der Waals surface area (Å²) in [7, 11) is -4.29. The van der Waals surface area contributed by atoms with Crippen LogP contribution in [0.15, 0.2) is 71.5 Å². The van der Waals surface area contributed by atoms with Crippen molar-refractivity contribution in [3.8, 4) is 16.9 Å². The van der Waals surface area contributed by atoms with Crippen LogP contribution in [0.4, 0.5) is 54.1 Å². The summed E-state index contributed by atoms with van der Waals surface area (Å²) in [4.78, 5) is 37.9. The molecule has 1 fully saturated rings. The van der Waals surface area contributed by atoms with Gasteiger partial charge in [-0.15, -0.1) is 0 Å². The van der Waals surface area contributed by atoms with Crippen molar-refractivity contribution in [2.24, 2.45) is 5.92 Å². The molecule has 7 aromatic rings. The van der Waals surface area contributed by atoms with Gasteiger partial charge in [0.25, 0.3) is 11.5 Å². The zero-order chi connectivity index (χ0) is 48.3. The van der Waals surface area contributed by atoms with Crippen molar-refractivity contribution in [3.63, 3.8) is 0 Å². The Hall–Kier alpha value is -6.63. The van der Waals surface area contributed by atoms with Gasteiger partial charge in [-0.25, -0.2) is 31.6 Å². The summed E-state index contributed by atoms with van der Waals surface area (Å²) in [6.45, 7) is -3.26. The van der Waals surface area contributed by atoms with E-state index in [0.29, 0.717) is 16.9 Å². The number of hydrogen-bond donors (Lipinski definition) is 2. The molecule has 0 aliphatic heterocycles. The fourth-order valence-corrected chi connectivity index (χ4v) is 9.22. The number of carbonyl (C=O) groups is 1. The van der Waals surface area contributed by atoms with Crippen LogP contribution in [0.3, 0.4) is 0 Å². The molecule has 0 saturated heterocycles. The smallest absolute Gasteiger partial charge is 0.344 e. The van der Waals surface area contributed by atoms with Gasteiger partial charge in [0.15, 0.2) is 17.2 Å². The van der Waals surface area contributed by atoms with Gasteiger partial charge in [-0.3, -0.25) is 28.2 Å². The van der Waals surface area contributed by atoms with Gasteiger partial charge in [-0.05, 0) is 66.4 Å². The fourth-order valence-electron chi connectivity index (χ4n) is 8.48. The van der Waals surface area contributed by atoms with Crippen LogP contribution in [-0.4, -0.2) is 60.9 Å². The number of nitrogens with one attached hydrogen (secondary N) is 2. The van der Waals surface area contributed by atoms with Crippen LogP contribution in [0.1, 0.15) is 46.7 Å². The lowest BCUT2D eigenvalue weighted by Crippen LogP contribution is -2.38. The summed E-state index contributed by atoms with van der Waals surface area (Å²) in [5.41, 5.74) is -7.01.